The van der Waals surface area contributed by atoms with Gasteiger partial charge in [-0.05, 0) is 18.1 Å². The Hall–Kier alpha value is -1.12. The second-order valence-electron chi connectivity index (χ2n) is 4.24. The maximum Gasteiger partial charge on any atom is 0.421 e. The fourth-order valence-electron chi connectivity index (χ4n) is 1.30. The van der Waals surface area contributed by atoms with Gasteiger partial charge in [0.25, 0.3) is 10.1 Å². The molecule has 1 aromatic rings. The number of benzene rings is 1. The van der Waals surface area contributed by atoms with Crippen LogP contribution in [0.2, 0.25) is 0 Å². The zero-order valence-corrected chi connectivity index (χ0v) is 11.0. The Labute approximate surface area is 108 Å². The van der Waals surface area contributed by atoms with Gasteiger partial charge in [-0.15, -0.1) is 0 Å². The molecular formula is C11H13F3O4S. The normalized spacial score (nSPS) is 16.1. The van der Waals surface area contributed by atoms with Crippen LogP contribution in [-0.4, -0.2) is 26.0 Å². The van der Waals surface area contributed by atoms with Crippen LogP contribution in [-0.2, 0) is 26.5 Å². The van der Waals surface area contributed by atoms with Crippen LogP contribution in [0.1, 0.15) is 18.1 Å². The minimum atomic E-state index is -4.83. The van der Waals surface area contributed by atoms with Gasteiger partial charge in [-0.1, -0.05) is 24.3 Å². The van der Waals surface area contributed by atoms with Crippen molar-refractivity contribution in [1.82, 2.24) is 0 Å². The lowest BCUT2D eigenvalue weighted by Gasteiger charge is -2.27. The number of aliphatic hydroxyl groups is 1. The molecule has 108 valence electrons. The number of hydrogen-bond donors (Lipinski definition) is 1. The van der Waals surface area contributed by atoms with E-state index in [2.05, 4.69) is 4.18 Å². The van der Waals surface area contributed by atoms with Gasteiger partial charge in [-0.3, -0.25) is 4.18 Å². The minimum absolute atomic E-state index is 0.215. The predicted molar refractivity (Wildman–Crippen MR) is 61.7 cm³/mol. The molecule has 4 nitrogen and oxygen atoms in total. The molecule has 0 amide bonds. The van der Waals surface area contributed by atoms with Crippen molar-refractivity contribution in [2.75, 3.05) is 6.26 Å². The van der Waals surface area contributed by atoms with E-state index in [9.17, 15) is 26.7 Å². The molecule has 0 heterocycles. The van der Waals surface area contributed by atoms with E-state index in [-0.39, 0.29) is 17.7 Å². The summed E-state index contributed by atoms with van der Waals surface area (Å²) in [7, 11) is -3.68. The Morgan fingerprint density at radius 2 is 1.89 bits per heavy atom. The number of rotatable bonds is 4. The molecule has 0 radical (unpaired) electrons. The van der Waals surface area contributed by atoms with Crippen molar-refractivity contribution in [2.45, 2.75) is 25.3 Å². The molecule has 0 aliphatic heterocycles. The molecule has 8 heteroatoms. The molecule has 1 rings (SSSR count). The van der Waals surface area contributed by atoms with E-state index in [1.807, 2.05) is 0 Å². The van der Waals surface area contributed by atoms with E-state index in [1.54, 1.807) is 0 Å². The molecule has 1 unspecified atom stereocenters. The van der Waals surface area contributed by atoms with Crippen molar-refractivity contribution in [3.63, 3.8) is 0 Å². The molecule has 0 aliphatic rings. The first kappa shape index (κ1) is 15.9. The summed E-state index contributed by atoms with van der Waals surface area (Å²) in [5.74, 6) is 0. The maximum atomic E-state index is 12.6. The second-order valence-corrected chi connectivity index (χ2v) is 5.88. The van der Waals surface area contributed by atoms with Crippen LogP contribution in [0.25, 0.3) is 0 Å². The summed E-state index contributed by atoms with van der Waals surface area (Å²) in [6.07, 6.45) is -3.99. The van der Waals surface area contributed by atoms with Crippen molar-refractivity contribution in [3.05, 3.63) is 35.4 Å². The molecule has 0 spiro atoms. The molecule has 0 aliphatic carbocycles. The Balaban J connectivity index is 3.01. The summed E-state index contributed by atoms with van der Waals surface area (Å²) in [6.45, 7) is 0.240. The summed E-state index contributed by atoms with van der Waals surface area (Å²) in [5.41, 5.74) is -3.17. The largest absolute Gasteiger partial charge is 0.421 e. The van der Waals surface area contributed by atoms with Crippen LogP contribution in [0, 0.1) is 0 Å². The van der Waals surface area contributed by atoms with E-state index < -0.39 is 21.9 Å². The Kier molecular flexibility index (Phi) is 4.28. The summed E-state index contributed by atoms with van der Waals surface area (Å²) < 4.78 is 64.0. The average Bonchev–Trinajstić information content (AvgIpc) is 2.24. The first-order valence-electron chi connectivity index (χ1n) is 5.16. The minimum Gasteiger partial charge on any atom is -0.376 e. The quantitative estimate of drug-likeness (QED) is 0.863. The molecule has 0 saturated carbocycles. The molecule has 1 N–H and O–H groups in total. The van der Waals surface area contributed by atoms with Gasteiger partial charge < -0.3 is 5.11 Å². The third-order valence-electron chi connectivity index (χ3n) is 2.48. The van der Waals surface area contributed by atoms with Gasteiger partial charge in [-0.2, -0.15) is 21.6 Å². The van der Waals surface area contributed by atoms with E-state index in [1.165, 1.54) is 12.1 Å². The van der Waals surface area contributed by atoms with Gasteiger partial charge in [0, 0.05) is 0 Å². The first-order valence-corrected chi connectivity index (χ1v) is 6.98. The van der Waals surface area contributed by atoms with Crippen LogP contribution in [0.3, 0.4) is 0 Å². The lowest BCUT2D eigenvalue weighted by molar-refractivity contribution is -0.258. The molecule has 0 saturated heterocycles. The van der Waals surface area contributed by atoms with Gasteiger partial charge in [0.2, 0.25) is 0 Å². The lowest BCUT2D eigenvalue weighted by Crippen LogP contribution is -2.39. The Morgan fingerprint density at radius 1 is 1.32 bits per heavy atom. The summed E-state index contributed by atoms with van der Waals surface area (Å²) >= 11 is 0. The van der Waals surface area contributed by atoms with Crippen molar-refractivity contribution in [2.24, 2.45) is 0 Å². The molecule has 0 aromatic heterocycles. The molecule has 19 heavy (non-hydrogen) atoms. The highest BCUT2D eigenvalue weighted by atomic mass is 32.2. The van der Waals surface area contributed by atoms with Gasteiger partial charge in [-0.25, -0.2) is 0 Å². The van der Waals surface area contributed by atoms with Crippen molar-refractivity contribution < 1.29 is 30.9 Å². The zero-order chi connectivity index (χ0) is 14.9. The fraction of sp³-hybridized carbons (Fsp3) is 0.455. The maximum absolute atomic E-state index is 12.6. The van der Waals surface area contributed by atoms with Crippen molar-refractivity contribution in [3.8, 4) is 0 Å². The molecule has 1 aromatic carbocycles. The van der Waals surface area contributed by atoms with Crippen LogP contribution in [0.4, 0.5) is 13.2 Å². The highest BCUT2D eigenvalue weighted by Gasteiger charge is 2.51. The van der Waals surface area contributed by atoms with Crippen LogP contribution in [0.15, 0.2) is 24.3 Å². The van der Waals surface area contributed by atoms with Gasteiger partial charge >= 0.3 is 6.18 Å². The lowest BCUT2D eigenvalue weighted by atomic mass is 9.94. The van der Waals surface area contributed by atoms with Gasteiger partial charge in [0.1, 0.15) is 0 Å². The summed E-state index contributed by atoms with van der Waals surface area (Å²) in [4.78, 5) is 0. The van der Waals surface area contributed by atoms with Gasteiger partial charge in [0.05, 0.1) is 12.9 Å². The smallest absolute Gasteiger partial charge is 0.376 e. The zero-order valence-electron chi connectivity index (χ0n) is 10.2. The monoisotopic (exact) mass is 298 g/mol. The number of alkyl halides is 3. The van der Waals surface area contributed by atoms with Crippen LogP contribution >= 0.6 is 0 Å². The average molecular weight is 298 g/mol. The second kappa shape index (κ2) is 5.10. The highest BCUT2D eigenvalue weighted by molar-refractivity contribution is 7.85. The first-order chi connectivity index (χ1) is 8.43. The molecular weight excluding hydrogens is 285 g/mol. The topological polar surface area (TPSA) is 63.6 Å². The van der Waals surface area contributed by atoms with E-state index in [4.69, 9.17) is 0 Å². The third kappa shape index (κ3) is 4.19. The van der Waals surface area contributed by atoms with Crippen molar-refractivity contribution >= 4 is 10.1 Å². The standard InChI is InChI=1S/C11H13F3O4S/c1-10(15,11(12,13)14)9-5-3-4-8(6-9)7-18-19(2,16)17/h3-6,15H,7H2,1-2H3. The predicted octanol–water partition coefficient (Wildman–Crippen LogP) is 1.93. The van der Waals surface area contributed by atoms with E-state index >= 15 is 0 Å². The Morgan fingerprint density at radius 3 is 2.37 bits per heavy atom. The highest BCUT2D eigenvalue weighted by Crippen LogP contribution is 2.38. The van der Waals surface area contributed by atoms with E-state index in [0.717, 1.165) is 18.4 Å². The van der Waals surface area contributed by atoms with Crippen LogP contribution in [0.5, 0.6) is 0 Å². The third-order valence-corrected chi connectivity index (χ3v) is 3.03. The molecule has 0 bridgehead atoms. The van der Waals surface area contributed by atoms with Crippen LogP contribution < -0.4 is 0 Å². The van der Waals surface area contributed by atoms with Gasteiger partial charge in [0.15, 0.2) is 5.60 Å². The van der Waals surface area contributed by atoms with E-state index in [0.29, 0.717) is 6.92 Å². The number of hydrogen-bond acceptors (Lipinski definition) is 4. The number of halogens is 3. The Bertz CT molecular complexity index is 549. The summed E-state index contributed by atoms with van der Waals surface area (Å²) in [5, 5.41) is 9.49. The summed E-state index contributed by atoms with van der Waals surface area (Å²) in [6, 6.07) is 4.85. The van der Waals surface area contributed by atoms with Crippen molar-refractivity contribution in [1.29, 1.82) is 0 Å². The fourth-order valence-corrected chi connectivity index (χ4v) is 1.65. The molecule has 0 fully saturated rings. The molecule has 1 atom stereocenters. The SMILES string of the molecule is CC(O)(c1cccc(COS(C)(=O)=O)c1)C(F)(F)F.